The molecule has 2 aromatic heterocycles. The third kappa shape index (κ3) is 3.38. The standard InChI is InChI=1S/C15H13N3O3S2/c1-9(19)16-15-18-13-8-7-12(17-14(13)22-15)10-3-5-11(6-4-10)23(2,20)21/h3-8H,1-2H3,(H,16,18,19). The Morgan fingerprint density at radius 2 is 1.78 bits per heavy atom. The van der Waals surface area contributed by atoms with Crippen LogP contribution in [0.3, 0.4) is 0 Å². The van der Waals surface area contributed by atoms with Gasteiger partial charge in [-0.15, -0.1) is 0 Å². The minimum Gasteiger partial charge on any atom is -0.302 e. The summed E-state index contributed by atoms with van der Waals surface area (Å²) in [4.78, 5) is 20.9. The van der Waals surface area contributed by atoms with Crippen molar-refractivity contribution < 1.29 is 13.2 Å². The zero-order valence-corrected chi connectivity index (χ0v) is 14.0. The van der Waals surface area contributed by atoms with Crippen molar-refractivity contribution in [2.24, 2.45) is 0 Å². The third-order valence-electron chi connectivity index (χ3n) is 3.12. The summed E-state index contributed by atoms with van der Waals surface area (Å²) >= 11 is 1.29. The SMILES string of the molecule is CC(=O)Nc1nc2ccc(-c3ccc(S(C)(=O)=O)cc3)nc2s1. The number of thiazole rings is 1. The second kappa shape index (κ2) is 5.71. The topological polar surface area (TPSA) is 89.0 Å². The third-order valence-corrected chi connectivity index (χ3v) is 5.13. The summed E-state index contributed by atoms with van der Waals surface area (Å²) < 4.78 is 23.0. The molecule has 0 bridgehead atoms. The van der Waals surface area contributed by atoms with E-state index in [4.69, 9.17) is 0 Å². The van der Waals surface area contributed by atoms with E-state index in [2.05, 4.69) is 15.3 Å². The van der Waals surface area contributed by atoms with Crippen molar-refractivity contribution in [3.05, 3.63) is 36.4 Å². The molecule has 0 saturated heterocycles. The summed E-state index contributed by atoms with van der Waals surface area (Å²) in [5.41, 5.74) is 2.24. The maximum absolute atomic E-state index is 11.5. The molecule has 23 heavy (non-hydrogen) atoms. The lowest BCUT2D eigenvalue weighted by molar-refractivity contribution is -0.114. The second-order valence-electron chi connectivity index (χ2n) is 5.02. The van der Waals surface area contributed by atoms with E-state index < -0.39 is 9.84 Å². The average molecular weight is 347 g/mol. The van der Waals surface area contributed by atoms with Gasteiger partial charge in [-0.25, -0.2) is 18.4 Å². The molecule has 0 fully saturated rings. The fraction of sp³-hybridized carbons (Fsp3) is 0.133. The van der Waals surface area contributed by atoms with Crippen LogP contribution in [-0.4, -0.2) is 30.5 Å². The van der Waals surface area contributed by atoms with Gasteiger partial charge >= 0.3 is 0 Å². The monoisotopic (exact) mass is 347 g/mol. The number of pyridine rings is 1. The first-order chi connectivity index (χ1) is 10.8. The number of carbonyl (C=O) groups excluding carboxylic acids is 1. The Balaban J connectivity index is 1.98. The van der Waals surface area contributed by atoms with Gasteiger partial charge in [-0.3, -0.25) is 4.79 Å². The van der Waals surface area contributed by atoms with Crippen molar-refractivity contribution in [1.29, 1.82) is 0 Å². The molecule has 1 N–H and O–H groups in total. The first-order valence-electron chi connectivity index (χ1n) is 6.68. The van der Waals surface area contributed by atoms with Crippen molar-refractivity contribution in [3.8, 4) is 11.3 Å². The number of fused-ring (bicyclic) bond motifs is 1. The van der Waals surface area contributed by atoms with E-state index in [1.165, 1.54) is 24.5 Å². The van der Waals surface area contributed by atoms with E-state index in [0.717, 1.165) is 11.3 Å². The molecule has 118 valence electrons. The van der Waals surface area contributed by atoms with Crippen molar-refractivity contribution in [2.75, 3.05) is 11.6 Å². The number of aromatic nitrogens is 2. The Bertz CT molecular complexity index is 992. The molecule has 0 unspecified atom stereocenters. The molecule has 0 saturated carbocycles. The quantitative estimate of drug-likeness (QED) is 0.787. The summed E-state index contributed by atoms with van der Waals surface area (Å²) in [6.45, 7) is 1.42. The molecule has 1 aromatic carbocycles. The predicted octanol–water partition coefficient (Wildman–Crippen LogP) is 2.72. The number of amides is 1. The van der Waals surface area contributed by atoms with Crippen LogP contribution in [0.4, 0.5) is 5.13 Å². The van der Waals surface area contributed by atoms with Crippen molar-refractivity contribution in [3.63, 3.8) is 0 Å². The fourth-order valence-electron chi connectivity index (χ4n) is 2.05. The van der Waals surface area contributed by atoms with E-state index >= 15 is 0 Å². The van der Waals surface area contributed by atoms with Gasteiger partial charge in [0.2, 0.25) is 5.91 Å². The molecule has 8 heteroatoms. The van der Waals surface area contributed by atoms with Gasteiger partial charge in [-0.1, -0.05) is 23.5 Å². The van der Waals surface area contributed by atoms with Crippen LogP contribution in [0.1, 0.15) is 6.92 Å². The molecule has 6 nitrogen and oxygen atoms in total. The number of nitrogens with one attached hydrogen (secondary N) is 1. The predicted molar refractivity (Wildman–Crippen MR) is 90.3 cm³/mol. The van der Waals surface area contributed by atoms with Crippen molar-refractivity contribution in [2.45, 2.75) is 11.8 Å². The molecule has 2 heterocycles. The molecule has 1 amide bonds. The van der Waals surface area contributed by atoms with Gasteiger partial charge in [-0.2, -0.15) is 0 Å². The molecule has 0 aliphatic rings. The lowest BCUT2D eigenvalue weighted by atomic mass is 10.1. The maximum atomic E-state index is 11.5. The highest BCUT2D eigenvalue weighted by molar-refractivity contribution is 7.90. The highest BCUT2D eigenvalue weighted by Crippen LogP contribution is 2.28. The van der Waals surface area contributed by atoms with Gasteiger partial charge in [0.25, 0.3) is 0 Å². The summed E-state index contributed by atoms with van der Waals surface area (Å²) in [6, 6.07) is 10.2. The van der Waals surface area contributed by atoms with Crippen LogP contribution in [-0.2, 0) is 14.6 Å². The van der Waals surface area contributed by atoms with Crippen LogP contribution in [0.15, 0.2) is 41.3 Å². The Morgan fingerprint density at radius 3 is 2.39 bits per heavy atom. The smallest absolute Gasteiger partial charge is 0.223 e. The molecule has 3 rings (SSSR count). The number of carbonyl (C=O) groups is 1. The molecule has 0 aliphatic heterocycles. The van der Waals surface area contributed by atoms with Crippen LogP contribution >= 0.6 is 11.3 Å². The second-order valence-corrected chi connectivity index (χ2v) is 8.01. The van der Waals surface area contributed by atoms with E-state index in [-0.39, 0.29) is 10.8 Å². The Hall–Kier alpha value is -2.32. The largest absolute Gasteiger partial charge is 0.302 e. The molecular formula is C15H13N3O3S2. The maximum Gasteiger partial charge on any atom is 0.223 e. The number of hydrogen-bond donors (Lipinski definition) is 1. The minimum absolute atomic E-state index is 0.180. The van der Waals surface area contributed by atoms with E-state index in [1.54, 1.807) is 24.3 Å². The molecule has 0 radical (unpaired) electrons. The number of sulfone groups is 1. The first-order valence-corrected chi connectivity index (χ1v) is 9.39. The highest BCUT2D eigenvalue weighted by Gasteiger charge is 2.10. The van der Waals surface area contributed by atoms with E-state index in [0.29, 0.717) is 15.5 Å². The number of anilines is 1. The fourth-order valence-corrected chi connectivity index (χ4v) is 3.57. The Kier molecular flexibility index (Phi) is 3.87. The van der Waals surface area contributed by atoms with Crippen LogP contribution in [0.5, 0.6) is 0 Å². The van der Waals surface area contributed by atoms with Crippen LogP contribution in [0.2, 0.25) is 0 Å². The Labute approximate surface area is 137 Å². The van der Waals surface area contributed by atoms with Crippen LogP contribution < -0.4 is 5.32 Å². The summed E-state index contributed by atoms with van der Waals surface area (Å²) in [5, 5.41) is 3.14. The number of benzene rings is 1. The highest BCUT2D eigenvalue weighted by atomic mass is 32.2. The Morgan fingerprint density at radius 1 is 1.09 bits per heavy atom. The summed E-state index contributed by atoms with van der Waals surface area (Å²) in [5.74, 6) is -0.180. The summed E-state index contributed by atoms with van der Waals surface area (Å²) in [6.07, 6.45) is 1.17. The molecular weight excluding hydrogens is 334 g/mol. The minimum atomic E-state index is -3.21. The number of rotatable bonds is 3. The average Bonchev–Trinajstić information content (AvgIpc) is 2.86. The van der Waals surface area contributed by atoms with Gasteiger partial charge in [0, 0.05) is 18.7 Å². The van der Waals surface area contributed by atoms with Gasteiger partial charge in [0.15, 0.2) is 15.0 Å². The van der Waals surface area contributed by atoms with E-state index in [9.17, 15) is 13.2 Å². The lowest BCUT2D eigenvalue weighted by Gasteiger charge is -2.02. The van der Waals surface area contributed by atoms with Gasteiger partial charge in [-0.05, 0) is 24.3 Å². The molecule has 0 spiro atoms. The van der Waals surface area contributed by atoms with Gasteiger partial charge in [0.1, 0.15) is 10.3 Å². The lowest BCUT2D eigenvalue weighted by Crippen LogP contribution is -2.04. The van der Waals surface area contributed by atoms with Gasteiger partial charge in [0.05, 0.1) is 10.6 Å². The van der Waals surface area contributed by atoms with Crippen LogP contribution in [0, 0.1) is 0 Å². The molecule has 0 atom stereocenters. The zero-order valence-electron chi connectivity index (χ0n) is 12.4. The van der Waals surface area contributed by atoms with E-state index in [1.807, 2.05) is 12.1 Å². The number of nitrogens with zero attached hydrogens (tertiary/aromatic N) is 2. The molecule has 0 aliphatic carbocycles. The van der Waals surface area contributed by atoms with Gasteiger partial charge < -0.3 is 5.32 Å². The summed E-state index contributed by atoms with van der Waals surface area (Å²) in [7, 11) is -3.21. The normalized spacial score (nSPS) is 11.6. The van der Waals surface area contributed by atoms with Crippen molar-refractivity contribution in [1.82, 2.24) is 9.97 Å². The van der Waals surface area contributed by atoms with Crippen LogP contribution in [0.25, 0.3) is 21.6 Å². The van der Waals surface area contributed by atoms with Crippen molar-refractivity contribution >= 4 is 42.6 Å². The zero-order chi connectivity index (χ0) is 16.6. The molecule has 3 aromatic rings. The number of hydrogen-bond acceptors (Lipinski definition) is 6. The first kappa shape index (κ1) is 15.6.